The smallest absolute Gasteiger partial charge is 0.416 e. The van der Waals surface area contributed by atoms with Crippen LogP contribution < -0.4 is 10.2 Å². The van der Waals surface area contributed by atoms with E-state index < -0.39 is 11.7 Å². The summed E-state index contributed by atoms with van der Waals surface area (Å²) in [6.07, 6.45) is -3.58. The Hall–Kier alpha value is -2.28. The highest BCUT2D eigenvalue weighted by Gasteiger charge is 2.30. The molecule has 0 bridgehead atoms. The molecular formula is C20H16BrF3O3. The van der Waals surface area contributed by atoms with Crippen LogP contribution in [0.2, 0.25) is 0 Å². The Morgan fingerprint density at radius 1 is 1.11 bits per heavy atom. The van der Waals surface area contributed by atoms with Crippen molar-refractivity contribution in [3.05, 3.63) is 63.8 Å². The zero-order chi connectivity index (χ0) is 19.6. The summed E-state index contributed by atoms with van der Waals surface area (Å²) in [5.74, 6) is 0.826. The fraction of sp³-hybridized carbons (Fsp3) is 0.250. The van der Waals surface area contributed by atoms with Gasteiger partial charge in [0, 0.05) is 16.5 Å². The van der Waals surface area contributed by atoms with Crippen molar-refractivity contribution in [2.45, 2.75) is 19.5 Å². The molecule has 0 saturated heterocycles. The highest BCUT2D eigenvalue weighted by atomic mass is 79.9. The lowest BCUT2D eigenvalue weighted by Gasteiger charge is -2.11. The molecule has 3 aromatic rings. The summed E-state index contributed by atoms with van der Waals surface area (Å²) in [4.78, 5) is 12.7. The van der Waals surface area contributed by atoms with Crippen LogP contribution in [-0.4, -0.2) is 11.9 Å². The number of ether oxygens (including phenoxy) is 1. The Labute approximate surface area is 161 Å². The van der Waals surface area contributed by atoms with E-state index in [2.05, 4.69) is 15.9 Å². The molecular weight excluding hydrogens is 425 g/mol. The van der Waals surface area contributed by atoms with Gasteiger partial charge in [0.1, 0.15) is 17.1 Å². The molecule has 0 unspecified atom stereocenters. The Morgan fingerprint density at radius 2 is 1.81 bits per heavy atom. The molecule has 0 fully saturated rings. The minimum Gasteiger partial charge on any atom is -0.494 e. The van der Waals surface area contributed by atoms with Crippen LogP contribution in [0.5, 0.6) is 5.75 Å². The molecule has 1 aromatic heterocycles. The van der Waals surface area contributed by atoms with E-state index in [-0.39, 0.29) is 11.2 Å². The molecule has 0 N–H and O–H groups in total. The van der Waals surface area contributed by atoms with Gasteiger partial charge in [-0.25, -0.2) is 0 Å². The Bertz CT molecular complexity index is 1010. The molecule has 0 atom stereocenters. The number of fused-ring (bicyclic) bond motifs is 1. The van der Waals surface area contributed by atoms with E-state index in [9.17, 15) is 18.0 Å². The first-order valence-electron chi connectivity index (χ1n) is 8.25. The second kappa shape index (κ2) is 7.76. The molecule has 3 nitrogen and oxygen atoms in total. The van der Waals surface area contributed by atoms with Crippen molar-refractivity contribution in [2.75, 3.05) is 11.9 Å². The summed E-state index contributed by atoms with van der Waals surface area (Å²) in [5.41, 5.74) is 0.111. The molecule has 0 saturated carbocycles. The molecule has 142 valence electrons. The summed E-state index contributed by atoms with van der Waals surface area (Å²) in [6.45, 7) is 2.11. The molecule has 0 aliphatic heterocycles. The average Bonchev–Trinajstić information content (AvgIpc) is 2.64. The Balaban J connectivity index is 2.01. The molecule has 2 aromatic carbocycles. The van der Waals surface area contributed by atoms with Gasteiger partial charge in [-0.2, -0.15) is 13.2 Å². The number of rotatable bonds is 5. The predicted molar refractivity (Wildman–Crippen MR) is 102 cm³/mol. The summed E-state index contributed by atoms with van der Waals surface area (Å²) in [5, 5.41) is 1.19. The van der Waals surface area contributed by atoms with E-state index in [1.54, 1.807) is 25.1 Å². The van der Waals surface area contributed by atoms with Crippen molar-refractivity contribution < 1.29 is 22.3 Å². The largest absolute Gasteiger partial charge is 0.494 e. The maximum absolute atomic E-state index is 12.7. The molecule has 0 radical (unpaired) electrons. The first-order valence-corrected chi connectivity index (χ1v) is 9.37. The van der Waals surface area contributed by atoms with Crippen molar-refractivity contribution >= 4 is 26.9 Å². The van der Waals surface area contributed by atoms with E-state index in [0.29, 0.717) is 34.5 Å². The van der Waals surface area contributed by atoms with Gasteiger partial charge in [-0.15, -0.1) is 0 Å². The minimum absolute atomic E-state index is 0.239. The molecule has 0 aliphatic rings. The first kappa shape index (κ1) is 19.5. The molecule has 3 rings (SSSR count). The SMILES string of the molecule is Cc1c(-c2ccc(C(F)(F)F)cc2)oc2ccc(OCCCBr)cc2c1=O. The van der Waals surface area contributed by atoms with Crippen LogP contribution in [0.1, 0.15) is 17.5 Å². The summed E-state index contributed by atoms with van der Waals surface area (Å²) < 4.78 is 49.6. The van der Waals surface area contributed by atoms with E-state index in [0.717, 1.165) is 23.9 Å². The number of halogens is 4. The zero-order valence-electron chi connectivity index (χ0n) is 14.4. The van der Waals surface area contributed by atoms with Crippen LogP contribution in [0.15, 0.2) is 51.7 Å². The fourth-order valence-electron chi connectivity index (χ4n) is 2.69. The van der Waals surface area contributed by atoms with E-state index in [4.69, 9.17) is 9.15 Å². The van der Waals surface area contributed by atoms with Crippen LogP contribution in [0.25, 0.3) is 22.3 Å². The average molecular weight is 441 g/mol. The lowest BCUT2D eigenvalue weighted by atomic mass is 10.0. The number of hydrogen-bond donors (Lipinski definition) is 0. The number of hydrogen-bond acceptors (Lipinski definition) is 3. The maximum Gasteiger partial charge on any atom is 0.416 e. The van der Waals surface area contributed by atoms with Gasteiger partial charge in [-0.3, -0.25) is 4.79 Å². The highest BCUT2D eigenvalue weighted by molar-refractivity contribution is 9.09. The Kier molecular flexibility index (Phi) is 5.60. The lowest BCUT2D eigenvalue weighted by molar-refractivity contribution is -0.137. The van der Waals surface area contributed by atoms with Gasteiger partial charge < -0.3 is 9.15 Å². The summed E-state index contributed by atoms with van der Waals surface area (Å²) in [6, 6.07) is 9.51. The molecule has 27 heavy (non-hydrogen) atoms. The molecule has 1 heterocycles. The molecule has 0 aliphatic carbocycles. The van der Waals surface area contributed by atoms with Gasteiger partial charge in [-0.1, -0.05) is 28.1 Å². The van der Waals surface area contributed by atoms with Crippen LogP contribution >= 0.6 is 15.9 Å². The van der Waals surface area contributed by atoms with Crippen molar-refractivity contribution in [2.24, 2.45) is 0 Å². The Morgan fingerprint density at radius 3 is 2.44 bits per heavy atom. The predicted octanol–water partition coefficient (Wildman–Crippen LogP) is 5.95. The second-order valence-electron chi connectivity index (χ2n) is 6.01. The fourth-order valence-corrected chi connectivity index (χ4v) is 2.92. The zero-order valence-corrected chi connectivity index (χ0v) is 16.0. The van der Waals surface area contributed by atoms with Gasteiger partial charge in [0.15, 0.2) is 5.43 Å². The van der Waals surface area contributed by atoms with Crippen LogP contribution in [0.3, 0.4) is 0 Å². The van der Waals surface area contributed by atoms with Gasteiger partial charge in [0.25, 0.3) is 0 Å². The molecule has 0 spiro atoms. The van der Waals surface area contributed by atoms with Crippen molar-refractivity contribution in [1.29, 1.82) is 0 Å². The highest BCUT2D eigenvalue weighted by Crippen LogP contribution is 2.32. The first-order chi connectivity index (χ1) is 12.8. The van der Waals surface area contributed by atoms with E-state index in [1.165, 1.54) is 12.1 Å². The standard InChI is InChI=1S/C20H16BrF3O3/c1-12-18(25)16-11-15(26-10-2-9-21)7-8-17(16)27-19(12)13-3-5-14(6-4-13)20(22,23)24/h3-8,11H,2,9-10H2,1H3. The van der Waals surface area contributed by atoms with Gasteiger partial charge >= 0.3 is 6.18 Å². The number of benzene rings is 2. The van der Waals surface area contributed by atoms with Crippen LogP contribution in [0.4, 0.5) is 13.2 Å². The van der Waals surface area contributed by atoms with E-state index in [1.807, 2.05) is 0 Å². The lowest BCUT2D eigenvalue weighted by Crippen LogP contribution is -2.08. The molecule has 0 amide bonds. The molecule has 7 heteroatoms. The third-order valence-corrected chi connectivity index (χ3v) is 4.67. The topological polar surface area (TPSA) is 39.4 Å². The van der Waals surface area contributed by atoms with Crippen LogP contribution in [-0.2, 0) is 6.18 Å². The normalized spacial score (nSPS) is 11.7. The van der Waals surface area contributed by atoms with Crippen molar-refractivity contribution in [3.63, 3.8) is 0 Å². The minimum atomic E-state index is -4.41. The van der Waals surface area contributed by atoms with Gasteiger partial charge in [0.2, 0.25) is 0 Å². The monoisotopic (exact) mass is 440 g/mol. The third-order valence-electron chi connectivity index (χ3n) is 4.11. The van der Waals surface area contributed by atoms with Crippen LogP contribution in [0, 0.1) is 6.92 Å². The van der Waals surface area contributed by atoms with Gasteiger partial charge in [0.05, 0.1) is 17.6 Å². The second-order valence-corrected chi connectivity index (χ2v) is 6.80. The maximum atomic E-state index is 12.7. The quantitative estimate of drug-likeness (QED) is 0.363. The van der Waals surface area contributed by atoms with Gasteiger partial charge in [-0.05, 0) is 43.7 Å². The van der Waals surface area contributed by atoms with Crippen molar-refractivity contribution in [3.8, 4) is 17.1 Å². The summed E-state index contributed by atoms with van der Waals surface area (Å²) in [7, 11) is 0. The third kappa shape index (κ3) is 4.18. The number of alkyl halides is 4. The summed E-state index contributed by atoms with van der Waals surface area (Å²) >= 11 is 3.32. The van der Waals surface area contributed by atoms with Crippen molar-refractivity contribution in [1.82, 2.24) is 0 Å². The van der Waals surface area contributed by atoms with E-state index >= 15 is 0 Å².